The van der Waals surface area contributed by atoms with Crippen LogP contribution in [0.1, 0.15) is 47.1 Å². The average molecular weight is 440 g/mol. The van der Waals surface area contributed by atoms with Crippen LogP contribution in [0.5, 0.6) is 0 Å². The van der Waals surface area contributed by atoms with E-state index < -0.39 is 8.32 Å². The quantitative estimate of drug-likeness (QED) is 0.297. The maximum atomic E-state index is 6.54. The van der Waals surface area contributed by atoms with Crippen molar-refractivity contribution >= 4 is 24.2 Å². The maximum absolute atomic E-state index is 6.54. The van der Waals surface area contributed by atoms with Gasteiger partial charge in [0, 0.05) is 4.47 Å². The molecule has 2 nitrogen and oxygen atoms in total. The lowest BCUT2D eigenvalue weighted by atomic mass is 10.2. The van der Waals surface area contributed by atoms with E-state index in [1.165, 1.54) is 0 Å². The predicted molar refractivity (Wildman–Crippen MR) is 118 cm³/mol. The number of ether oxygens (including phenoxy) is 1. The summed E-state index contributed by atoms with van der Waals surface area (Å²) in [6, 6.07) is 16.3. The number of rotatable bonds is 9. The van der Waals surface area contributed by atoms with E-state index >= 15 is 0 Å². The molecule has 26 heavy (non-hydrogen) atoms. The van der Waals surface area contributed by atoms with Crippen LogP contribution in [0.2, 0.25) is 16.6 Å². The van der Waals surface area contributed by atoms with Crippen LogP contribution in [0.25, 0.3) is 0 Å². The summed E-state index contributed by atoms with van der Waals surface area (Å²) in [7, 11) is -1.79. The Balaban J connectivity index is 2.62. The third-order valence-electron chi connectivity index (χ3n) is 4.91. The molecule has 0 radical (unpaired) electrons. The molecule has 0 saturated carbocycles. The third kappa shape index (κ3) is 7.14. The molecule has 0 aliphatic rings. The third-order valence-corrected chi connectivity index (χ3v) is 11.6. The molecular weight excluding hydrogens is 404 g/mol. The van der Waals surface area contributed by atoms with Gasteiger partial charge in [0.05, 0.1) is 19.8 Å². The van der Waals surface area contributed by atoms with E-state index in [0.717, 1.165) is 10.0 Å². The van der Waals surface area contributed by atoms with Crippen LogP contribution in [0.4, 0.5) is 0 Å². The van der Waals surface area contributed by atoms with Crippen LogP contribution in [-0.2, 0) is 15.8 Å². The predicted octanol–water partition coefficient (Wildman–Crippen LogP) is 7.28. The van der Waals surface area contributed by atoms with Gasteiger partial charge >= 0.3 is 0 Å². The maximum Gasteiger partial charge on any atom is 0.200 e. The molecule has 0 aromatic heterocycles. The molecule has 0 bridgehead atoms. The summed E-state index contributed by atoms with van der Waals surface area (Å²) in [5, 5.41) is 0. The second-order valence-corrected chi connectivity index (χ2v) is 14.0. The highest BCUT2D eigenvalue weighted by atomic mass is 79.9. The van der Waals surface area contributed by atoms with Crippen molar-refractivity contribution in [1.29, 1.82) is 0 Å². The fourth-order valence-electron chi connectivity index (χ4n) is 3.83. The Labute approximate surface area is 169 Å². The lowest BCUT2D eigenvalue weighted by Gasteiger charge is -2.42. The van der Waals surface area contributed by atoms with Crippen LogP contribution < -0.4 is 0 Å². The van der Waals surface area contributed by atoms with Crippen molar-refractivity contribution < 1.29 is 9.16 Å². The van der Waals surface area contributed by atoms with Gasteiger partial charge in [0.2, 0.25) is 0 Å². The van der Waals surface area contributed by atoms with Gasteiger partial charge in [-0.05, 0) is 34.3 Å². The Morgan fingerprint density at radius 3 is 1.92 bits per heavy atom. The van der Waals surface area contributed by atoms with Crippen LogP contribution in [0.3, 0.4) is 0 Å². The Kier molecular flexibility index (Phi) is 10.7. The monoisotopic (exact) mass is 438 g/mol. The molecule has 0 heterocycles. The molecule has 0 aliphatic heterocycles. The Morgan fingerprint density at radius 2 is 1.31 bits per heavy atom. The SMILES string of the molecule is CC(C)[Si](OCCOCc1cccccc(Br)ccc1)(C(C)C)C(C)C. The summed E-state index contributed by atoms with van der Waals surface area (Å²) < 4.78 is 13.5. The van der Waals surface area contributed by atoms with Gasteiger partial charge in [0.25, 0.3) is 0 Å². The average Bonchev–Trinajstić information content (AvgIpc) is 2.56. The summed E-state index contributed by atoms with van der Waals surface area (Å²) in [4.78, 5) is 0. The first-order chi connectivity index (χ1) is 12.3. The first kappa shape index (κ1) is 23.4. The highest BCUT2D eigenvalue weighted by molar-refractivity contribution is 9.10. The molecule has 4 heteroatoms. The Morgan fingerprint density at radius 1 is 0.769 bits per heavy atom. The highest BCUT2D eigenvalue weighted by Gasteiger charge is 2.44. The van der Waals surface area contributed by atoms with E-state index in [1.807, 2.05) is 36.4 Å². The van der Waals surface area contributed by atoms with Crippen molar-refractivity contribution in [3.8, 4) is 0 Å². The van der Waals surface area contributed by atoms with Gasteiger partial charge in [0.15, 0.2) is 8.32 Å². The summed E-state index contributed by atoms with van der Waals surface area (Å²) in [6.07, 6.45) is 0. The first-order valence-corrected chi connectivity index (χ1v) is 12.5. The first-order valence-electron chi connectivity index (χ1n) is 9.60. The van der Waals surface area contributed by atoms with Crippen molar-refractivity contribution in [2.24, 2.45) is 0 Å². The zero-order chi connectivity index (χ0) is 19.6. The minimum absolute atomic E-state index is 0.596. The lowest BCUT2D eigenvalue weighted by Crippen LogP contribution is -2.48. The van der Waals surface area contributed by atoms with Gasteiger partial charge in [-0.25, -0.2) is 0 Å². The van der Waals surface area contributed by atoms with E-state index in [0.29, 0.717) is 36.4 Å². The Hall–Kier alpha value is -0.683. The second-order valence-electron chi connectivity index (χ2n) is 7.61. The van der Waals surface area contributed by atoms with Crippen molar-refractivity contribution in [2.45, 2.75) is 64.8 Å². The number of halogens is 1. The molecule has 146 valence electrons. The molecule has 0 aliphatic carbocycles. The summed E-state index contributed by atoms with van der Waals surface area (Å²) in [5.74, 6) is 0. The fourth-order valence-corrected chi connectivity index (χ4v) is 9.57. The van der Waals surface area contributed by atoms with Gasteiger partial charge in [-0.1, -0.05) is 93.9 Å². The standard InChI is InChI=1S/C22H35BrO2Si/c1-18(2)26(19(3)4,20(5)6)25-16-15-24-17-21-11-8-7-9-13-22(23)14-10-12-21/h7-14,18-20H,15-17H2,1-6H3. The van der Waals surface area contributed by atoms with Crippen LogP contribution in [0.15, 0.2) is 53.0 Å². The molecule has 0 spiro atoms. The smallest absolute Gasteiger partial charge is 0.200 e. The number of hydrogen-bond donors (Lipinski definition) is 0. The molecule has 0 N–H and O–H groups in total. The van der Waals surface area contributed by atoms with Crippen molar-refractivity contribution in [2.75, 3.05) is 13.2 Å². The minimum atomic E-state index is -1.79. The van der Waals surface area contributed by atoms with Crippen molar-refractivity contribution in [3.63, 3.8) is 0 Å². The molecule has 0 amide bonds. The van der Waals surface area contributed by atoms with Gasteiger partial charge < -0.3 is 9.16 Å². The molecular formula is C22H35BrO2Si. The van der Waals surface area contributed by atoms with E-state index in [-0.39, 0.29) is 0 Å². The molecule has 1 aromatic rings. The molecule has 1 aromatic carbocycles. The lowest BCUT2D eigenvalue weighted by molar-refractivity contribution is 0.0831. The van der Waals surface area contributed by atoms with Crippen molar-refractivity contribution in [1.82, 2.24) is 0 Å². The number of hydrogen-bond acceptors (Lipinski definition) is 2. The second kappa shape index (κ2) is 11.9. The van der Waals surface area contributed by atoms with E-state index in [9.17, 15) is 0 Å². The van der Waals surface area contributed by atoms with Crippen LogP contribution in [0, 0.1) is 0 Å². The summed E-state index contributed by atoms with van der Waals surface area (Å²) >= 11 is 3.51. The zero-order valence-corrected chi connectivity index (χ0v) is 19.8. The highest BCUT2D eigenvalue weighted by Crippen LogP contribution is 2.42. The molecule has 0 saturated heterocycles. The van der Waals surface area contributed by atoms with Gasteiger partial charge in [0.1, 0.15) is 0 Å². The zero-order valence-electron chi connectivity index (χ0n) is 17.2. The minimum Gasteiger partial charge on any atom is -0.414 e. The van der Waals surface area contributed by atoms with Gasteiger partial charge in [-0.15, -0.1) is 0 Å². The molecule has 0 unspecified atom stereocenters. The van der Waals surface area contributed by atoms with E-state index in [1.54, 1.807) is 0 Å². The Bertz CT molecular complexity index is 564. The largest absolute Gasteiger partial charge is 0.414 e. The van der Waals surface area contributed by atoms with Gasteiger partial charge in [-0.2, -0.15) is 0 Å². The normalized spacial score (nSPS) is 11.9. The van der Waals surface area contributed by atoms with E-state index in [2.05, 4.69) is 69.6 Å². The topological polar surface area (TPSA) is 18.5 Å². The summed E-state index contributed by atoms with van der Waals surface area (Å²) in [5.41, 5.74) is 2.97. The van der Waals surface area contributed by atoms with Crippen LogP contribution in [-0.4, -0.2) is 21.5 Å². The van der Waals surface area contributed by atoms with Gasteiger partial charge in [-0.3, -0.25) is 0 Å². The van der Waals surface area contributed by atoms with Crippen LogP contribution >= 0.6 is 15.9 Å². The summed E-state index contributed by atoms with van der Waals surface area (Å²) in [6.45, 7) is 15.8. The van der Waals surface area contributed by atoms with Crippen molar-refractivity contribution in [3.05, 3.63) is 58.6 Å². The molecule has 0 atom stereocenters. The molecule has 1 rings (SSSR count). The van der Waals surface area contributed by atoms with E-state index in [4.69, 9.17) is 9.16 Å². The molecule has 0 fully saturated rings. The fraction of sp³-hybridized carbons (Fsp3) is 0.545.